The van der Waals surface area contributed by atoms with Crippen LogP contribution < -0.4 is 5.32 Å². The van der Waals surface area contributed by atoms with Crippen LogP contribution in [0.25, 0.3) is 0 Å². The van der Waals surface area contributed by atoms with Gasteiger partial charge in [-0.15, -0.1) is 0 Å². The number of nitrogens with one attached hydrogen (secondary N) is 1. The minimum Gasteiger partial charge on any atom is -0.380 e. The lowest BCUT2D eigenvalue weighted by atomic mass is 9.65. The van der Waals surface area contributed by atoms with Crippen LogP contribution in [0.15, 0.2) is 51.7 Å². The maximum absolute atomic E-state index is 4.95. The first-order valence-corrected chi connectivity index (χ1v) is 8.62. The number of aliphatic imine (C=N–C) groups is 1. The molecule has 3 aliphatic rings. The Morgan fingerprint density at radius 1 is 1.04 bits per heavy atom. The van der Waals surface area contributed by atoms with Gasteiger partial charge in [-0.05, 0) is 72.5 Å². The van der Waals surface area contributed by atoms with Crippen LogP contribution in [0.3, 0.4) is 0 Å². The molecule has 0 saturated carbocycles. The molecule has 1 fully saturated rings. The second kappa shape index (κ2) is 4.72. The lowest BCUT2D eigenvalue weighted by molar-refractivity contribution is 0.421. The molecule has 124 valence electrons. The highest BCUT2D eigenvalue weighted by Gasteiger charge is 2.48. The average molecular weight is 310 g/mol. The summed E-state index contributed by atoms with van der Waals surface area (Å²) in [6.07, 6.45) is 6.85. The zero-order valence-corrected chi connectivity index (χ0v) is 15.7. The summed E-state index contributed by atoms with van der Waals surface area (Å²) in [5, 5.41) is 3.52. The summed E-state index contributed by atoms with van der Waals surface area (Å²) in [4.78, 5) is 4.95. The molecule has 0 atom stereocenters. The van der Waals surface area contributed by atoms with Crippen LogP contribution >= 0.6 is 0 Å². The molecule has 2 heterocycles. The Morgan fingerprint density at radius 2 is 1.61 bits per heavy atom. The molecule has 0 aromatic heterocycles. The summed E-state index contributed by atoms with van der Waals surface area (Å²) in [7, 11) is 0. The highest BCUT2D eigenvalue weighted by atomic mass is 15.0. The first-order valence-electron chi connectivity index (χ1n) is 8.62. The molecule has 1 spiro atoms. The predicted octanol–water partition coefficient (Wildman–Crippen LogP) is 5.10. The van der Waals surface area contributed by atoms with Gasteiger partial charge >= 0.3 is 0 Å². The molecular formula is C21H30N2. The predicted molar refractivity (Wildman–Crippen MR) is 99.7 cm³/mol. The molecule has 0 unspecified atom stereocenters. The molecule has 1 aliphatic carbocycles. The Morgan fingerprint density at radius 3 is 2.00 bits per heavy atom. The van der Waals surface area contributed by atoms with E-state index < -0.39 is 0 Å². The summed E-state index contributed by atoms with van der Waals surface area (Å²) in [5.74, 6) is 0. The quantitative estimate of drug-likeness (QED) is 0.661. The van der Waals surface area contributed by atoms with E-state index in [1.807, 2.05) is 0 Å². The van der Waals surface area contributed by atoms with E-state index >= 15 is 0 Å². The lowest BCUT2D eigenvalue weighted by Crippen LogP contribution is -2.33. The molecule has 2 aliphatic heterocycles. The van der Waals surface area contributed by atoms with Gasteiger partial charge in [-0.2, -0.15) is 0 Å². The molecule has 0 aromatic rings. The molecular weight excluding hydrogens is 280 g/mol. The summed E-state index contributed by atoms with van der Waals surface area (Å²) >= 11 is 0. The summed E-state index contributed by atoms with van der Waals surface area (Å²) < 4.78 is 0. The van der Waals surface area contributed by atoms with E-state index in [1.54, 1.807) is 0 Å². The third-order valence-corrected chi connectivity index (χ3v) is 5.70. The number of nitrogens with zero attached hydrogens (tertiary/aromatic N) is 1. The maximum atomic E-state index is 4.95. The van der Waals surface area contributed by atoms with Crippen molar-refractivity contribution in [1.29, 1.82) is 0 Å². The van der Waals surface area contributed by atoms with Gasteiger partial charge in [-0.25, -0.2) is 0 Å². The minimum absolute atomic E-state index is 0.0243. The average Bonchev–Trinajstić information content (AvgIpc) is 2.79. The molecule has 0 amide bonds. The van der Waals surface area contributed by atoms with Crippen LogP contribution in [-0.4, -0.2) is 16.8 Å². The van der Waals surface area contributed by atoms with Crippen LogP contribution in [0.5, 0.6) is 0 Å². The van der Waals surface area contributed by atoms with Gasteiger partial charge in [0.15, 0.2) is 0 Å². The van der Waals surface area contributed by atoms with Gasteiger partial charge in [-0.3, -0.25) is 4.99 Å². The van der Waals surface area contributed by atoms with Crippen molar-refractivity contribution in [3.8, 4) is 0 Å². The van der Waals surface area contributed by atoms with E-state index in [0.717, 1.165) is 18.5 Å². The van der Waals surface area contributed by atoms with E-state index in [1.165, 1.54) is 28.0 Å². The van der Waals surface area contributed by atoms with Crippen LogP contribution in [0.2, 0.25) is 0 Å². The summed E-state index contributed by atoms with van der Waals surface area (Å²) in [6, 6.07) is 0. The fourth-order valence-corrected chi connectivity index (χ4v) is 4.81. The third-order valence-electron chi connectivity index (χ3n) is 5.70. The Hall–Kier alpha value is -1.57. The SMILES string of the molecule is C=C1NC(C)(C)CC1=C1C=C(C)C2(CC(C)(C)N=C2C)C(C)=C1. The van der Waals surface area contributed by atoms with Crippen molar-refractivity contribution in [3.63, 3.8) is 0 Å². The second-order valence-electron chi connectivity index (χ2n) is 8.84. The fourth-order valence-electron chi connectivity index (χ4n) is 4.81. The fraction of sp³-hybridized carbons (Fsp3) is 0.571. The minimum atomic E-state index is 0.0243. The van der Waals surface area contributed by atoms with Crippen molar-refractivity contribution in [2.45, 2.75) is 72.4 Å². The van der Waals surface area contributed by atoms with Gasteiger partial charge in [0.2, 0.25) is 0 Å². The van der Waals surface area contributed by atoms with Gasteiger partial charge in [0, 0.05) is 16.9 Å². The molecule has 1 N–H and O–H groups in total. The molecule has 0 aromatic carbocycles. The van der Waals surface area contributed by atoms with Gasteiger partial charge in [-0.1, -0.05) is 29.9 Å². The van der Waals surface area contributed by atoms with E-state index in [9.17, 15) is 0 Å². The highest BCUT2D eigenvalue weighted by Crippen LogP contribution is 2.52. The molecule has 23 heavy (non-hydrogen) atoms. The van der Waals surface area contributed by atoms with Gasteiger partial charge in [0.25, 0.3) is 0 Å². The Balaban J connectivity index is 2.08. The van der Waals surface area contributed by atoms with E-state index in [-0.39, 0.29) is 16.5 Å². The van der Waals surface area contributed by atoms with E-state index in [2.05, 4.69) is 72.5 Å². The molecule has 0 radical (unpaired) electrons. The highest BCUT2D eigenvalue weighted by molar-refractivity contribution is 5.97. The monoisotopic (exact) mass is 310 g/mol. The summed E-state index contributed by atoms with van der Waals surface area (Å²) in [6.45, 7) is 19.9. The zero-order chi connectivity index (χ0) is 17.2. The molecule has 2 heteroatoms. The van der Waals surface area contributed by atoms with Gasteiger partial charge in [0.1, 0.15) is 0 Å². The van der Waals surface area contributed by atoms with Crippen LogP contribution in [0.4, 0.5) is 0 Å². The normalized spacial score (nSPS) is 32.0. The van der Waals surface area contributed by atoms with Crippen molar-refractivity contribution in [1.82, 2.24) is 5.32 Å². The van der Waals surface area contributed by atoms with E-state index in [4.69, 9.17) is 4.99 Å². The van der Waals surface area contributed by atoms with Crippen molar-refractivity contribution < 1.29 is 0 Å². The molecule has 2 nitrogen and oxygen atoms in total. The smallest absolute Gasteiger partial charge is 0.0567 e. The van der Waals surface area contributed by atoms with Crippen LogP contribution in [0.1, 0.15) is 61.3 Å². The Labute approximate surface area is 141 Å². The van der Waals surface area contributed by atoms with Crippen LogP contribution in [-0.2, 0) is 0 Å². The zero-order valence-electron chi connectivity index (χ0n) is 15.7. The van der Waals surface area contributed by atoms with Crippen LogP contribution in [0, 0.1) is 5.41 Å². The lowest BCUT2D eigenvalue weighted by Gasteiger charge is -2.37. The van der Waals surface area contributed by atoms with Crippen molar-refractivity contribution in [2.75, 3.05) is 0 Å². The standard InChI is InChI=1S/C21H30N2/c1-13-9-17(18-11-19(5,6)22-15(18)3)10-14(2)21(13)12-20(7,8)23-16(21)4/h9-10,22H,3,11-12H2,1-2,4-8H3. The number of hydrogen-bond acceptors (Lipinski definition) is 2. The molecule has 0 bridgehead atoms. The summed E-state index contributed by atoms with van der Waals surface area (Å²) in [5.41, 5.74) is 8.01. The van der Waals surface area contributed by atoms with Crippen molar-refractivity contribution in [2.24, 2.45) is 10.4 Å². The Bertz CT molecular complexity index is 686. The largest absolute Gasteiger partial charge is 0.380 e. The third kappa shape index (κ3) is 2.43. The second-order valence-corrected chi connectivity index (χ2v) is 8.84. The first-order chi connectivity index (χ1) is 10.5. The Kier molecular flexibility index (Phi) is 3.34. The number of rotatable bonds is 0. The number of allylic oxidation sites excluding steroid dienone is 6. The van der Waals surface area contributed by atoms with Gasteiger partial charge in [0.05, 0.1) is 11.0 Å². The maximum Gasteiger partial charge on any atom is 0.0567 e. The van der Waals surface area contributed by atoms with Crippen molar-refractivity contribution >= 4 is 5.71 Å². The van der Waals surface area contributed by atoms with Gasteiger partial charge < -0.3 is 5.32 Å². The topological polar surface area (TPSA) is 24.4 Å². The van der Waals surface area contributed by atoms with Crippen molar-refractivity contribution in [3.05, 3.63) is 46.7 Å². The molecule has 1 saturated heterocycles. The number of hydrogen-bond donors (Lipinski definition) is 1. The molecule has 3 rings (SSSR count). The van der Waals surface area contributed by atoms with E-state index in [0.29, 0.717) is 0 Å². The first kappa shape index (κ1) is 16.3.